The van der Waals surface area contributed by atoms with Gasteiger partial charge in [0.05, 0.1) is 78.4 Å². The number of para-hydroxylation sites is 8. The summed E-state index contributed by atoms with van der Waals surface area (Å²) in [4.78, 5) is 41.1. The first-order valence-corrected chi connectivity index (χ1v) is 44.3. The zero-order chi connectivity index (χ0) is 85.5. The Bertz CT molecular complexity index is 8390. The van der Waals surface area contributed by atoms with E-state index in [0.717, 1.165) is 127 Å². The van der Waals surface area contributed by atoms with E-state index in [-0.39, 0.29) is 0 Å². The molecule has 0 unspecified atom stereocenters. The quantitative estimate of drug-likeness (QED) is 0.131. The molecule has 0 fully saturated rings. The Labute approximate surface area is 750 Å². The van der Waals surface area contributed by atoms with Crippen LogP contribution in [0.15, 0.2) is 455 Å². The third-order valence-corrected chi connectivity index (χ3v) is 27.1. The first-order valence-electron chi connectivity index (χ1n) is 44.3. The zero-order valence-electron chi connectivity index (χ0n) is 70.3. The molecular formula is C121H75N9. The SMILES string of the molecule is c1ccc(-c2ccc3ccc4ccc(-c5ccc(-c6nc7ccccc7c7cc8c(cc67)-c6ccccc6C86c7ccccc7N(c7ccccc7)c7ccccc76)cc5)nc4c3n2)cc1.c1ccc(-c2nc(-c3ccccc3)nc(-c3ccc(-c4nc5ccccc5c5cc6c(cc45)-c4ccccc4C64c5ccccc5N(c5ccccc5)c5ccccc54)cc3)n2)cc1. The second kappa shape index (κ2) is 29.7. The van der Waals surface area contributed by atoms with Crippen molar-refractivity contribution in [3.8, 4) is 101 Å². The number of benzene rings is 18. The van der Waals surface area contributed by atoms with Gasteiger partial charge >= 0.3 is 0 Å². The van der Waals surface area contributed by atoms with Crippen molar-refractivity contribution < 1.29 is 0 Å². The van der Waals surface area contributed by atoms with E-state index >= 15 is 0 Å². The fourth-order valence-corrected chi connectivity index (χ4v) is 21.5. The molecule has 27 rings (SSSR count). The molecule has 0 bridgehead atoms. The summed E-state index contributed by atoms with van der Waals surface area (Å²) in [5.41, 5.74) is 35.6. The zero-order valence-corrected chi connectivity index (χ0v) is 70.3. The van der Waals surface area contributed by atoms with Crippen LogP contribution in [-0.4, -0.2) is 34.9 Å². The maximum Gasteiger partial charge on any atom is 0.164 e. The highest BCUT2D eigenvalue weighted by Gasteiger charge is 2.54. The van der Waals surface area contributed by atoms with Crippen LogP contribution >= 0.6 is 0 Å². The average Bonchev–Trinajstić information content (AvgIpc) is 1.59. The van der Waals surface area contributed by atoms with Gasteiger partial charge in [0.25, 0.3) is 0 Å². The van der Waals surface area contributed by atoms with Crippen molar-refractivity contribution in [1.82, 2.24) is 34.9 Å². The lowest BCUT2D eigenvalue weighted by Crippen LogP contribution is -2.36. The van der Waals surface area contributed by atoms with Crippen LogP contribution in [0.4, 0.5) is 34.1 Å². The molecule has 5 aromatic heterocycles. The molecule has 23 aromatic rings. The molecule has 0 saturated carbocycles. The van der Waals surface area contributed by atoms with Crippen LogP contribution in [0.5, 0.6) is 0 Å². The molecule has 2 aliphatic carbocycles. The summed E-state index contributed by atoms with van der Waals surface area (Å²) in [6.45, 7) is 0. The van der Waals surface area contributed by atoms with Gasteiger partial charge in [0, 0.05) is 82.6 Å². The van der Waals surface area contributed by atoms with Crippen molar-refractivity contribution in [1.29, 1.82) is 0 Å². The number of fused-ring (bicyclic) bond motifs is 27. The molecular weight excluding hydrogens is 1580 g/mol. The van der Waals surface area contributed by atoms with Gasteiger partial charge in [0.2, 0.25) is 0 Å². The predicted molar refractivity (Wildman–Crippen MR) is 532 cm³/mol. The highest BCUT2D eigenvalue weighted by Crippen LogP contribution is 2.67. The number of hydrogen-bond donors (Lipinski definition) is 0. The average molecular weight is 1650 g/mol. The molecule has 4 aliphatic rings. The Morgan fingerprint density at radius 2 is 0.469 bits per heavy atom. The third-order valence-electron chi connectivity index (χ3n) is 27.1. The summed E-state index contributed by atoms with van der Waals surface area (Å²) in [6.07, 6.45) is 0. The van der Waals surface area contributed by atoms with E-state index in [1.807, 2.05) is 66.7 Å². The molecule has 0 N–H and O–H groups in total. The lowest BCUT2D eigenvalue weighted by atomic mass is 9.64. The van der Waals surface area contributed by atoms with Crippen molar-refractivity contribution in [3.63, 3.8) is 0 Å². The summed E-state index contributed by atoms with van der Waals surface area (Å²) in [5.74, 6) is 1.89. The van der Waals surface area contributed by atoms with Crippen molar-refractivity contribution in [2.45, 2.75) is 10.8 Å². The minimum absolute atomic E-state index is 0.554. The number of nitrogens with zero attached hydrogens (tertiary/aromatic N) is 9. The number of anilines is 6. The standard InChI is InChI=1S/C62H38N4.C59H37N5/c1-3-15-39(16-4-1)54-35-33-42-31-32-43-34-36-55(64-61(43)60(42)63-54)40-27-29-41(30-28-40)59-49-37-48-45-19-7-9-21-50(45)62(53(48)38-47(49)46-20-8-12-24-56(46)65-59)51-22-10-13-25-57(51)66(44-17-5-2-6-18-44)58-26-14-11-23-52(58)62;1-4-18-39(19-5-1)56-61-57(40-20-6-2-7-21-40)63-58(62-56)41-34-32-38(33-35-41)55-47-36-46-43-24-10-12-26-48(43)59(51(46)37-45(47)44-25-11-15-29-52(44)60-55)49-27-13-16-30-53(49)64(42-22-8-3-9-23-42)54-31-17-14-28-50(54)59/h1-38H;1-37H. The van der Waals surface area contributed by atoms with E-state index in [9.17, 15) is 0 Å². The van der Waals surface area contributed by atoms with Crippen molar-refractivity contribution in [3.05, 3.63) is 499 Å². The monoisotopic (exact) mass is 1650 g/mol. The van der Waals surface area contributed by atoms with E-state index < -0.39 is 10.8 Å². The number of pyridine rings is 4. The lowest BCUT2D eigenvalue weighted by Gasteiger charge is -2.45. The summed E-state index contributed by atoms with van der Waals surface area (Å²) in [6, 6.07) is 163. The summed E-state index contributed by atoms with van der Waals surface area (Å²) >= 11 is 0. The Morgan fingerprint density at radius 1 is 0.177 bits per heavy atom. The Hall–Kier alpha value is -17.3. The third kappa shape index (κ3) is 11.4. The Morgan fingerprint density at radius 3 is 0.862 bits per heavy atom. The molecule has 0 atom stereocenters. The number of hydrogen-bond acceptors (Lipinski definition) is 9. The highest BCUT2D eigenvalue weighted by atomic mass is 15.2. The van der Waals surface area contributed by atoms with Crippen molar-refractivity contribution in [2.75, 3.05) is 9.80 Å². The number of aromatic nitrogens is 7. The van der Waals surface area contributed by atoms with Crippen LogP contribution in [-0.2, 0) is 10.8 Å². The van der Waals surface area contributed by atoms with Gasteiger partial charge in [0.15, 0.2) is 17.5 Å². The topological polar surface area (TPSA) is 96.7 Å². The molecule has 0 radical (unpaired) electrons. The largest absolute Gasteiger partial charge is 0.310 e. The van der Waals surface area contributed by atoms with Crippen LogP contribution in [0.3, 0.4) is 0 Å². The summed E-state index contributed by atoms with van der Waals surface area (Å²) in [7, 11) is 0. The number of rotatable bonds is 9. The molecule has 9 nitrogen and oxygen atoms in total. The molecule has 7 heterocycles. The molecule has 130 heavy (non-hydrogen) atoms. The van der Waals surface area contributed by atoms with Crippen LogP contribution in [0.2, 0.25) is 0 Å². The van der Waals surface area contributed by atoms with Gasteiger partial charge in [-0.3, -0.25) is 0 Å². The predicted octanol–water partition coefficient (Wildman–Crippen LogP) is 30.0. The van der Waals surface area contributed by atoms with Crippen molar-refractivity contribution >= 4 is 99.3 Å². The lowest BCUT2D eigenvalue weighted by molar-refractivity contribution is 0.753. The minimum atomic E-state index is -0.563. The van der Waals surface area contributed by atoms with E-state index in [0.29, 0.717) is 17.5 Å². The molecule has 0 amide bonds. The first kappa shape index (κ1) is 74.2. The van der Waals surface area contributed by atoms with Gasteiger partial charge in [0.1, 0.15) is 0 Å². The van der Waals surface area contributed by atoms with Gasteiger partial charge in [-0.1, -0.05) is 358 Å². The maximum atomic E-state index is 5.45. The molecule has 604 valence electrons. The van der Waals surface area contributed by atoms with Gasteiger partial charge in [-0.2, -0.15) is 0 Å². The van der Waals surface area contributed by atoms with E-state index in [2.05, 4.69) is 398 Å². The molecule has 2 aliphatic heterocycles. The van der Waals surface area contributed by atoms with Crippen LogP contribution in [0.1, 0.15) is 44.5 Å². The highest BCUT2D eigenvalue weighted by molar-refractivity contribution is 6.16. The van der Waals surface area contributed by atoms with Crippen LogP contribution in [0.25, 0.3) is 167 Å². The molecule has 9 heteroatoms. The van der Waals surface area contributed by atoms with Gasteiger partial charge in [-0.25, -0.2) is 34.9 Å². The maximum absolute atomic E-state index is 5.45. The van der Waals surface area contributed by atoms with Gasteiger partial charge < -0.3 is 9.80 Å². The second-order valence-corrected chi connectivity index (χ2v) is 34.0. The van der Waals surface area contributed by atoms with Crippen molar-refractivity contribution in [2.24, 2.45) is 0 Å². The second-order valence-electron chi connectivity index (χ2n) is 34.0. The Balaban J connectivity index is 0.000000137. The Kier molecular flexibility index (Phi) is 17.0. The van der Waals surface area contributed by atoms with Crippen LogP contribution in [0, 0.1) is 0 Å². The molecule has 18 aromatic carbocycles. The van der Waals surface area contributed by atoms with E-state index in [4.69, 9.17) is 34.9 Å². The smallest absolute Gasteiger partial charge is 0.164 e. The van der Waals surface area contributed by atoms with E-state index in [1.54, 1.807) is 0 Å². The molecule has 0 saturated heterocycles. The van der Waals surface area contributed by atoms with Gasteiger partial charge in [-0.15, -0.1) is 0 Å². The summed E-state index contributed by atoms with van der Waals surface area (Å²) < 4.78 is 0. The first-order chi connectivity index (χ1) is 64.5. The minimum Gasteiger partial charge on any atom is -0.310 e. The fraction of sp³-hybridized carbons (Fsp3) is 0.0165. The molecule has 2 spiro atoms. The summed E-state index contributed by atoms with van der Waals surface area (Å²) in [5, 5.41) is 9.01. The van der Waals surface area contributed by atoms with Gasteiger partial charge in [-0.05, 0) is 175 Å². The fourth-order valence-electron chi connectivity index (χ4n) is 21.5. The van der Waals surface area contributed by atoms with Crippen LogP contribution < -0.4 is 9.80 Å². The normalized spacial score (nSPS) is 13.2. The van der Waals surface area contributed by atoms with E-state index in [1.165, 1.54) is 100 Å².